The Labute approximate surface area is 65.7 Å². The number of hydrogen-bond donors (Lipinski definition) is 1. The van der Waals surface area contributed by atoms with E-state index in [0.717, 1.165) is 6.08 Å². The van der Waals surface area contributed by atoms with Gasteiger partial charge in [-0.3, -0.25) is 9.59 Å². The lowest BCUT2D eigenvalue weighted by atomic mass is 10.3. The molecule has 0 saturated carbocycles. The largest absolute Gasteiger partial charge is 0.368 e. The van der Waals surface area contributed by atoms with Crippen LogP contribution in [0.2, 0.25) is 0 Å². The van der Waals surface area contributed by atoms with E-state index in [0.29, 0.717) is 0 Å². The maximum absolute atomic E-state index is 10.9. The standard InChI is InChI=1S/C7H12N2O2/c1-4-6(10)9(3)5(2)7(8)11/h4-5H,1H2,2-3H3,(H2,8,11)/t5-/m0/s1. The zero-order valence-electron chi connectivity index (χ0n) is 6.70. The van der Waals surface area contributed by atoms with E-state index < -0.39 is 11.9 Å². The summed E-state index contributed by atoms with van der Waals surface area (Å²) in [5.74, 6) is -0.834. The van der Waals surface area contributed by atoms with Crippen LogP contribution in [0.15, 0.2) is 12.7 Å². The number of nitrogens with zero attached hydrogens (tertiary/aromatic N) is 1. The molecular formula is C7H12N2O2. The summed E-state index contributed by atoms with van der Waals surface area (Å²) >= 11 is 0. The van der Waals surface area contributed by atoms with Crippen molar-refractivity contribution in [3.05, 3.63) is 12.7 Å². The number of rotatable bonds is 3. The van der Waals surface area contributed by atoms with Crippen LogP contribution < -0.4 is 5.73 Å². The number of primary amides is 1. The summed E-state index contributed by atoms with van der Waals surface area (Å²) in [5, 5.41) is 0. The Bertz CT molecular complexity index is 189. The first-order valence-electron chi connectivity index (χ1n) is 3.19. The highest BCUT2D eigenvalue weighted by atomic mass is 16.2. The predicted molar refractivity (Wildman–Crippen MR) is 41.6 cm³/mol. The normalized spacial score (nSPS) is 11.8. The van der Waals surface area contributed by atoms with E-state index in [4.69, 9.17) is 5.73 Å². The average Bonchev–Trinajstić information content (AvgIpc) is 2.00. The number of carbonyl (C=O) groups is 2. The maximum atomic E-state index is 10.9. The van der Waals surface area contributed by atoms with Gasteiger partial charge in [-0.2, -0.15) is 0 Å². The Kier molecular flexibility index (Phi) is 3.30. The minimum atomic E-state index is -0.583. The van der Waals surface area contributed by atoms with E-state index in [1.807, 2.05) is 0 Å². The van der Waals surface area contributed by atoms with Gasteiger partial charge in [-0.1, -0.05) is 6.58 Å². The van der Waals surface area contributed by atoms with Gasteiger partial charge in [-0.25, -0.2) is 0 Å². The molecule has 2 amide bonds. The molecular weight excluding hydrogens is 144 g/mol. The van der Waals surface area contributed by atoms with Crippen LogP contribution in [0.25, 0.3) is 0 Å². The molecule has 0 bridgehead atoms. The number of amides is 2. The van der Waals surface area contributed by atoms with Gasteiger partial charge in [0.1, 0.15) is 6.04 Å². The van der Waals surface area contributed by atoms with Gasteiger partial charge in [0.15, 0.2) is 0 Å². The van der Waals surface area contributed by atoms with E-state index in [1.165, 1.54) is 11.9 Å². The monoisotopic (exact) mass is 156 g/mol. The lowest BCUT2D eigenvalue weighted by Crippen LogP contribution is -2.42. The number of carbonyl (C=O) groups excluding carboxylic acids is 2. The zero-order valence-corrected chi connectivity index (χ0v) is 6.70. The van der Waals surface area contributed by atoms with Crippen molar-refractivity contribution in [1.29, 1.82) is 0 Å². The molecule has 11 heavy (non-hydrogen) atoms. The summed E-state index contributed by atoms with van der Waals surface area (Å²) in [6.07, 6.45) is 1.14. The second kappa shape index (κ2) is 3.75. The third-order valence-electron chi connectivity index (χ3n) is 1.51. The Morgan fingerprint density at radius 1 is 1.64 bits per heavy atom. The van der Waals surface area contributed by atoms with Gasteiger partial charge in [0.2, 0.25) is 11.8 Å². The van der Waals surface area contributed by atoms with Gasteiger partial charge in [0.05, 0.1) is 0 Å². The SMILES string of the molecule is C=CC(=O)N(C)[C@@H](C)C(N)=O. The van der Waals surface area contributed by atoms with Crippen LogP contribution in [0.5, 0.6) is 0 Å². The fourth-order valence-corrected chi connectivity index (χ4v) is 0.526. The van der Waals surface area contributed by atoms with Gasteiger partial charge < -0.3 is 10.6 Å². The summed E-state index contributed by atoms with van der Waals surface area (Å²) in [6, 6.07) is -0.583. The van der Waals surface area contributed by atoms with Crippen LogP contribution in [0.3, 0.4) is 0 Å². The van der Waals surface area contributed by atoms with E-state index in [-0.39, 0.29) is 5.91 Å². The highest BCUT2D eigenvalue weighted by Crippen LogP contribution is 1.94. The number of likely N-dealkylation sites (N-methyl/N-ethyl adjacent to an activating group) is 1. The third kappa shape index (κ3) is 2.41. The van der Waals surface area contributed by atoms with Gasteiger partial charge in [-0.05, 0) is 13.0 Å². The summed E-state index contributed by atoms with van der Waals surface area (Å²) < 4.78 is 0. The van der Waals surface area contributed by atoms with Crippen LogP contribution in [0.1, 0.15) is 6.92 Å². The fourth-order valence-electron chi connectivity index (χ4n) is 0.526. The molecule has 0 aromatic carbocycles. The first-order chi connectivity index (χ1) is 5.00. The molecule has 0 radical (unpaired) electrons. The minimum Gasteiger partial charge on any atom is -0.368 e. The van der Waals surface area contributed by atoms with Gasteiger partial charge in [0.25, 0.3) is 0 Å². The molecule has 0 spiro atoms. The lowest BCUT2D eigenvalue weighted by Gasteiger charge is -2.20. The van der Waals surface area contributed by atoms with Gasteiger partial charge in [-0.15, -0.1) is 0 Å². The highest BCUT2D eigenvalue weighted by Gasteiger charge is 2.17. The Hall–Kier alpha value is -1.32. The van der Waals surface area contributed by atoms with Crippen molar-refractivity contribution in [2.45, 2.75) is 13.0 Å². The maximum Gasteiger partial charge on any atom is 0.246 e. The molecule has 62 valence electrons. The molecule has 0 unspecified atom stereocenters. The van der Waals surface area contributed by atoms with Crippen molar-refractivity contribution >= 4 is 11.8 Å². The smallest absolute Gasteiger partial charge is 0.246 e. The molecule has 2 N–H and O–H groups in total. The second-order valence-corrected chi connectivity index (χ2v) is 2.23. The zero-order chi connectivity index (χ0) is 9.02. The van der Waals surface area contributed by atoms with E-state index in [1.54, 1.807) is 6.92 Å². The van der Waals surface area contributed by atoms with Crippen LogP contribution in [0.4, 0.5) is 0 Å². The number of nitrogens with two attached hydrogens (primary N) is 1. The Morgan fingerprint density at radius 2 is 2.09 bits per heavy atom. The number of hydrogen-bond acceptors (Lipinski definition) is 2. The third-order valence-corrected chi connectivity index (χ3v) is 1.51. The van der Waals surface area contributed by atoms with Crippen molar-refractivity contribution in [2.75, 3.05) is 7.05 Å². The average molecular weight is 156 g/mol. The first-order valence-corrected chi connectivity index (χ1v) is 3.19. The molecule has 0 aliphatic heterocycles. The molecule has 4 heteroatoms. The highest BCUT2D eigenvalue weighted by molar-refractivity contribution is 5.91. The van der Waals surface area contributed by atoms with Crippen LogP contribution in [-0.2, 0) is 9.59 Å². The van der Waals surface area contributed by atoms with Crippen LogP contribution >= 0.6 is 0 Å². The molecule has 4 nitrogen and oxygen atoms in total. The molecule has 0 aromatic heterocycles. The van der Waals surface area contributed by atoms with Crippen LogP contribution in [-0.4, -0.2) is 29.8 Å². The fraction of sp³-hybridized carbons (Fsp3) is 0.429. The molecule has 0 aliphatic rings. The van der Waals surface area contributed by atoms with Gasteiger partial charge >= 0.3 is 0 Å². The predicted octanol–water partition coefficient (Wildman–Crippen LogP) is -0.495. The molecule has 1 atom stereocenters. The summed E-state index contributed by atoms with van der Waals surface area (Å²) in [5.41, 5.74) is 4.96. The molecule has 0 saturated heterocycles. The van der Waals surface area contributed by atoms with Gasteiger partial charge in [0, 0.05) is 7.05 Å². The Balaban J connectivity index is 4.23. The van der Waals surface area contributed by atoms with Crippen molar-refractivity contribution < 1.29 is 9.59 Å². The van der Waals surface area contributed by atoms with E-state index in [2.05, 4.69) is 6.58 Å². The molecule has 0 aromatic rings. The van der Waals surface area contributed by atoms with Crippen molar-refractivity contribution in [3.8, 4) is 0 Å². The van der Waals surface area contributed by atoms with Crippen molar-refractivity contribution in [3.63, 3.8) is 0 Å². The quantitative estimate of drug-likeness (QED) is 0.560. The summed E-state index contributed by atoms with van der Waals surface area (Å²) in [6.45, 7) is 4.84. The molecule has 0 aliphatic carbocycles. The Morgan fingerprint density at radius 3 is 2.36 bits per heavy atom. The summed E-state index contributed by atoms with van der Waals surface area (Å²) in [7, 11) is 1.50. The first kappa shape index (κ1) is 9.68. The minimum absolute atomic E-state index is 0.309. The molecule has 0 heterocycles. The topological polar surface area (TPSA) is 63.4 Å². The summed E-state index contributed by atoms with van der Waals surface area (Å²) in [4.78, 5) is 22.6. The van der Waals surface area contributed by atoms with E-state index in [9.17, 15) is 9.59 Å². The van der Waals surface area contributed by atoms with Crippen LogP contribution in [0, 0.1) is 0 Å². The van der Waals surface area contributed by atoms with Crippen molar-refractivity contribution in [1.82, 2.24) is 4.90 Å². The molecule has 0 fully saturated rings. The molecule has 0 rings (SSSR count). The second-order valence-electron chi connectivity index (χ2n) is 2.23. The van der Waals surface area contributed by atoms with E-state index >= 15 is 0 Å². The lowest BCUT2D eigenvalue weighted by molar-refractivity contribution is -0.133. The van der Waals surface area contributed by atoms with Crippen molar-refractivity contribution in [2.24, 2.45) is 5.73 Å².